The Kier molecular flexibility index (Phi) is 13.8. The highest BCUT2D eigenvalue weighted by Gasteiger charge is 2.26. The van der Waals surface area contributed by atoms with Crippen molar-refractivity contribution in [3.05, 3.63) is 101 Å². The van der Waals surface area contributed by atoms with E-state index in [2.05, 4.69) is 35.9 Å². The van der Waals surface area contributed by atoms with Gasteiger partial charge >= 0.3 is 0 Å². The molecule has 6 aromatic rings. The number of hydrogen-bond acceptors (Lipinski definition) is 14. The third-order valence-electron chi connectivity index (χ3n) is 10.6. The Morgan fingerprint density at radius 3 is 2.00 bits per heavy atom. The number of rotatable bonds is 20. The van der Waals surface area contributed by atoms with Gasteiger partial charge in [0.1, 0.15) is 28.2 Å². The summed E-state index contributed by atoms with van der Waals surface area (Å²) in [5.41, 5.74) is 13.9. The molecule has 6 N–H and O–H groups in total. The van der Waals surface area contributed by atoms with Gasteiger partial charge in [-0.2, -0.15) is 10.2 Å². The van der Waals surface area contributed by atoms with Crippen molar-refractivity contribution in [3.8, 4) is 11.5 Å². The molecule has 0 bridgehead atoms. The van der Waals surface area contributed by atoms with Crippen LogP contribution in [0.4, 0.5) is 11.9 Å². The summed E-state index contributed by atoms with van der Waals surface area (Å²) in [4.78, 5) is 100. The Labute approximate surface area is 381 Å². The molecule has 23 nitrogen and oxygen atoms in total. The van der Waals surface area contributed by atoms with Gasteiger partial charge in [-0.25, -0.2) is 9.97 Å². The molecule has 5 heterocycles. The van der Waals surface area contributed by atoms with Gasteiger partial charge in [0, 0.05) is 75.7 Å². The van der Waals surface area contributed by atoms with Crippen LogP contribution in [-0.4, -0.2) is 124 Å². The maximum absolute atomic E-state index is 13.7. The number of aryl methyl sites for hydroxylation is 2. The van der Waals surface area contributed by atoms with Crippen molar-refractivity contribution in [1.82, 2.24) is 48.9 Å². The van der Waals surface area contributed by atoms with Crippen molar-refractivity contribution in [2.75, 3.05) is 44.5 Å². The number of ether oxygens (including phenoxy) is 2. The third kappa shape index (κ3) is 10.1. The summed E-state index contributed by atoms with van der Waals surface area (Å²) in [7, 11) is 3.02. The molecule has 0 unspecified atom stereocenters. The molecular weight excluding hydrogens is 869 g/mol. The van der Waals surface area contributed by atoms with Crippen LogP contribution < -0.4 is 31.6 Å². The van der Waals surface area contributed by atoms with Gasteiger partial charge in [0.2, 0.25) is 29.6 Å². The Morgan fingerprint density at radius 2 is 1.43 bits per heavy atom. The number of nitrogens with two attached hydrogens (primary N) is 2. The van der Waals surface area contributed by atoms with E-state index >= 15 is 0 Å². The molecule has 67 heavy (non-hydrogen) atoms. The van der Waals surface area contributed by atoms with E-state index in [-0.39, 0.29) is 90.8 Å². The van der Waals surface area contributed by atoms with E-state index in [4.69, 9.17) is 20.9 Å². The van der Waals surface area contributed by atoms with E-state index in [0.717, 1.165) is 17.1 Å². The van der Waals surface area contributed by atoms with Crippen LogP contribution in [0.15, 0.2) is 73.0 Å². The molecule has 0 aliphatic carbocycles. The van der Waals surface area contributed by atoms with Crippen LogP contribution in [-0.2, 0) is 34.0 Å². The largest absolute Gasteiger partial charge is 0.494 e. The fourth-order valence-electron chi connectivity index (χ4n) is 7.30. The predicted octanol–water partition coefficient (Wildman–Crippen LogP) is 2.21. The second-order valence-corrected chi connectivity index (χ2v) is 15.1. The Balaban J connectivity index is 1.18. The van der Waals surface area contributed by atoms with Crippen molar-refractivity contribution in [1.29, 1.82) is 0 Å². The van der Waals surface area contributed by atoms with Crippen LogP contribution in [0, 0.1) is 6.92 Å². The van der Waals surface area contributed by atoms with Crippen molar-refractivity contribution in [2.24, 2.45) is 11.5 Å². The molecular formula is C44H46N14O9. The first kappa shape index (κ1) is 46.2. The van der Waals surface area contributed by atoms with Crippen LogP contribution in [0.1, 0.15) is 67.2 Å². The predicted molar refractivity (Wildman–Crippen MR) is 241 cm³/mol. The number of allylic oxidation sites excluding steroid dienone is 2. The second kappa shape index (κ2) is 20.0. The van der Waals surface area contributed by atoms with Gasteiger partial charge in [-0.15, -0.1) is 5.10 Å². The van der Waals surface area contributed by atoms with E-state index in [0.29, 0.717) is 40.9 Å². The molecule has 0 saturated carbocycles. The highest BCUT2D eigenvalue weighted by atomic mass is 16.5. The molecule has 0 atom stereocenters. The number of methoxy groups -OCH3 is 1. The van der Waals surface area contributed by atoms with Gasteiger partial charge < -0.3 is 35.0 Å². The average Bonchev–Trinajstić information content (AvgIpc) is 4.07. The number of amides is 7. The number of hydrogen-bond donors (Lipinski definition) is 4. The van der Waals surface area contributed by atoms with Gasteiger partial charge in [0.05, 0.1) is 30.4 Å². The van der Waals surface area contributed by atoms with E-state index in [9.17, 15) is 33.6 Å². The zero-order chi connectivity index (χ0) is 47.9. The number of nitrogens with one attached hydrogen (secondary N) is 2. The topological polar surface area (TPSA) is 300 Å². The molecule has 1 aliphatic rings. The number of benzene rings is 2. The molecule has 0 saturated heterocycles. The normalized spacial score (nSPS) is 12.4. The summed E-state index contributed by atoms with van der Waals surface area (Å²) in [5.74, 6) is -3.14. The number of fused-ring (bicyclic) bond motifs is 2. The summed E-state index contributed by atoms with van der Waals surface area (Å²) in [6, 6.07) is 10.6. The number of primary amides is 2. The lowest BCUT2D eigenvalue weighted by molar-refractivity contribution is -0.138. The van der Waals surface area contributed by atoms with E-state index in [1.54, 1.807) is 52.1 Å². The lowest BCUT2D eigenvalue weighted by Crippen LogP contribution is -2.36. The SMILES string of the molecule is CCn1nc(C)cc1C(=O)Nc1nc2cc(C(N)=O)cc(OC)c2n1C/C=C/Cn1c(NC(=O)c2cccnn2)nc2cc(C(N)=O)cc(OCCCN(C)C(=O)CCN3C(=O)C=CC3=O)c21. The highest BCUT2D eigenvalue weighted by Crippen LogP contribution is 2.33. The highest BCUT2D eigenvalue weighted by molar-refractivity contribution is 6.13. The molecule has 0 spiro atoms. The Hall–Kier alpha value is -8.76. The maximum Gasteiger partial charge on any atom is 0.278 e. The van der Waals surface area contributed by atoms with Crippen LogP contribution in [0.25, 0.3) is 22.1 Å². The minimum Gasteiger partial charge on any atom is -0.494 e. The van der Waals surface area contributed by atoms with E-state index in [1.807, 2.05) is 6.92 Å². The van der Waals surface area contributed by atoms with Gasteiger partial charge in [-0.05, 0) is 62.7 Å². The zero-order valence-electron chi connectivity index (χ0n) is 36.9. The molecule has 7 rings (SSSR count). The molecule has 0 radical (unpaired) electrons. The molecule has 4 aromatic heterocycles. The third-order valence-corrected chi connectivity index (χ3v) is 10.6. The second-order valence-electron chi connectivity index (χ2n) is 15.1. The average molecular weight is 915 g/mol. The minimum atomic E-state index is -0.759. The minimum absolute atomic E-state index is 0.00654. The van der Waals surface area contributed by atoms with Crippen molar-refractivity contribution >= 4 is 75.3 Å². The van der Waals surface area contributed by atoms with Crippen LogP contribution in [0.2, 0.25) is 0 Å². The monoisotopic (exact) mass is 914 g/mol. The first-order valence-electron chi connectivity index (χ1n) is 20.9. The number of imide groups is 1. The molecule has 0 fully saturated rings. The van der Waals surface area contributed by atoms with Crippen LogP contribution in [0.3, 0.4) is 0 Å². The Bertz CT molecular complexity index is 2990. The summed E-state index contributed by atoms with van der Waals surface area (Å²) >= 11 is 0. The lowest BCUT2D eigenvalue weighted by Gasteiger charge is -2.19. The molecule has 1 aliphatic heterocycles. The number of carbonyl (C=O) groups is 7. The smallest absolute Gasteiger partial charge is 0.278 e. The van der Waals surface area contributed by atoms with E-state index in [1.165, 1.54) is 48.5 Å². The number of aromatic nitrogens is 8. The molecule has 7 amide bonds. The molecule has 2 aromatic carbocycles. The fraction of sp³-hybridized carbons (Fsp3) is 0.273. The molecule has 23 heteroatoms. The fourth-order valence-corrected chi connectivity index (χ4v) is 7.30. The quantitative estimate of drug-likeness (QED) is 0.0485. The number of nitrogens with zero attached hydrogens (tertiary/aromatic N) is 10. The number of anilines is 2. The van der Waals surface area contributed by atoms with Crippen molar-refractivity contribution in [3.63, 3.8) is 0 Å². The summed E-state index contributed by atoms with van der Waals surface area (Å²) in [5, 5.41) is 17.7. The number of carbonyl (C=O) groups excluding carboxylic acids is 7. The summed E-state index contributed by atoms with van der Waals surface area (Å²) in [6.07, 6.45) is 7.55. The van der Waals surface area contributed by atoms with Crippen molar-refractivity contribution in [2.45, 2.75) is 46.3 Å². The zero-order valence-corrected chi connectivity index (χ0v) is 36.9. The first-order valence-corrected chi connectivity index (χ1v) is 20.9. The first-order chi connectivity index (χ1) is 32.2. The van der Waals surface area contributed by atoms with Crippen LogP contribution >= 0.6 is 0 Å². The summed E-state index contributed by atoms with van der Waals surface area (Å²) < 4.78 is 16.8. The number of imidazole rings is 2. The maximum atomic E-state index is 13.7. The molecule has 346 valence electrons. The van der Waals surface area contributed by atoms with Gasteiger partial charge in [-0.1, -0.05) is 12.2 Å². The van der Waals surface area contributed by atoms with Crippen molar-refractivity contribution < 1.29 is 43.0 Å². The van der Waals surface area contributed by atoms with Gasteiger partial charge in [-0.3, -0.25) is 53.8 Å². The van der Waals surface area contributed by atoms with Gasteiger partial charge in [0.15, 0.2) is 5.69 Å². The summed E-state index contributed by atoms with van der Waals surface area (Å²) in [6.45, 7) is 4.49. The Morgan fingerprint density at radius 1 is 0.836 bits per heavy atom. The van der Waals surface area contributed by atoms with Gasteiger partial charge in [0.25, 0.3) is 23.6 Å². The lowest BCUT2D eigenvalue weighted by atomic mass is 10.1. The standard InChI is InChI=1S/C44H46N14O9/c1-5-58-31(20-25(2)53-58)42(65)51-44-48-29-21-26(39(45)62)23-32(66-4)37(29)56(44)16-6-7-17-57-38-30(49-43(57)50-41(64)28-10-8-14-47-52-28)22-27(40(46)63)24-33(38)67-19-9-15-54(3)34(59)13-18-55-35(60)11-12-36(55)61/h6-8,10-12,14,20-24H,5,9,13,15-19H2,1-4H3,(H2,45,62)(H2,46,63)(H,48,51,65)(H,49,50,64)/b7-6+. The van der Waals surface area contributed by atoms with E-state index < -0.39 is 35.4 Å². The van der Waals surface area contributed by atoms with Crippen LogP contribution in [0.5, 0.6) is 11.5 Å².